The highest BCUT2D eigenvalue weighted by molar-refractivity contribution is 5.44. The first-order chi connectivity index (χ1) is 8.92. The van der Waals surface area contributed by atoms with Gasteiger partial charge in [-0.25, -0.2) is 0 Å². The van der Waals surface area contributed by atoms with Crippen molar-refractivity contribution in [2.45, 2.75) is 19.3 Å². The van der Waals surface area contributed by atoms with Crippen LogP contribution in [0.4, 0.5) is 0 Å². The van der Waals surface area contributed by atoms with E-state index in [9.17, 15) is 0 Å². The molecule has 2 heteroatoms. The Kier molecular flexibility index (Phi) is 3.18. The number of hydrogen-bond donors (Lipinski definition) is 0. The largest absolute Gasteiger partial charge is 0.454 e. The van der Waals surface area contributed by atoms with Gasteiger partial charge in [0.05, 0.1) is 0 Å². The fourth-order valence-electron chi connectivity index (χ4n) is 2.24. The summed E-state index contributed by atoms with van der Waals surface area (Å²) in [5, 5.41) is 0. The van der Waals surface area contributed by atoms with Gasteiger partial charge in [-0.05, 0) is 42.5 Å². The topological polar surface area (TPSA) is 18.5 Å². The molecule has 1 aliphatic rings. The standard InChI is InChI=1S/C16H16O2/c1-2-5-13(6-3-1)7-4-8-14-9-10-15-16(11-14)18-12-17-15/h1-3,5-6,9-11H,4,7-8,12H2. The summed E-state index contributed by atoms with van der Waals surface area (Å²) < 4.78 is 10.7. The molecule has 0 fully saturated rings. The third-order valence-electron chi connectivity index (χ3n) is 3.21. The van der Waals surface area contributed by atoms with Gasteiger partial charge in [0.1, 0.15) is 0 Å². The first kappa shape index (κ1) is 11.1. The Morgan fingerprint density at radius 3 is 2.44 bits per heavy atom. The second-order valence-electron chi connectivity index (χ2n) is 4.53. The minimum atomic E-state index is 0.350. The van der Waals surface area contributed by atoms with Gasteiger partial charge < -0.3 is 9.47 Å². The first-order valence-corrected chi connectivity index (χ1v) is 6.34. The fraction of sp³-hybridized carbons (Fsp3) is 0.250. The molecule has 2 nitrogen and oxygen atoms in total. The van der Waals surface area contributed by atoms with Gasteiger partial charge in [-0.3, -0.25) is 0 Å². The molecule has 1 heterocycles. The molecule has 0 aromatic heterocycles. The number of hydrogen-bond acceptors (Lipinski definition) is 2. The van der Waals surface area contributed by atoms with Gasteiger partial charge in [-0.1, -0.05) is 36.4 Å². The average Bonchev–Trinajstić information content (AvgIpc) is 2.87. The van der Waals surface area contributed by atoms with E-state index < -0.39 is 0 Å². The third-order valence-corrected chi connectivity index (χ3v) is 3.21. The Labute approximate surface area is 107 Å². The molecule has 18 heavy (non-hydrogen) atoms. The smallest absolute Gasteiger partial charge is 0.231 e. The molecule has 0 aliphatic carbocycles. The second kappa shape index (κ2) is 5.13. The van der Waals surface area contributed by atoms with E-state index in [0.717, 1.165) is 30.8 Å². The van der Waals surface area contributed by atoms with Crippen molar-refractivity contribution in [1.82, 2.24) is 0 Å². The number of aryl methyl sites for hydroxylation is 2. The van der Waals surface area contributed by atoms with Crippen molar-refractivity contribution < 1.29 is 9.47 Å². The highest BCUT2D eigenvalue weighted by Crippen LogP contribution is 2.32. The Bertz CT molecular complexity index is 520. The van der Waals surface area contributed by atoms with E-state index in [1.807, 2.05) is 6.07 Å². The van der Waals surface area contributed by atoms with Crippen molar-refractivity contribution in [3.8, 4) is 11.5 Å². The maximum absolute atomic E-state index is 5.38. The first-order valence-electron chi connectivity index (χ1n) is 6.34. The predicted octanol–water partition coefficient (Wildman–Crippen LogP) is 3.59. The fourth-order valence-corrected chi connectivity index (χ4v) is 2.24. The quantitative estimate of drug-likeness (QED) is 0.813. The molecule has 2 aromatic carbocycles. The van der Waals surface area contributed by atoms with Crippen LogP contribution in [0.2, 0.25) is 0 Å². The summed E-state index contributed by atoms with van der Waals surface area (Å²) in [4.78, 5) is 0. The lowest BCUT2D eigenvalue weighted by molar-refractivity contribution is 0.174. The van der Waals surface area contributed by atoms with E-state index in [-0.39, 0.29) is 0 Å². The molecule has 0 amide bonds. The van der Waals surface area contributed by atoms with Crippen molar-refractivity contribution >= 4 is 0 Å². The van der Waals surface area contributed by atoms with Crippen molar-refractivity contribution in [2.75, 3.05) is 6.79 Å². The summed E-state index contributed by atoms with van der Waals surface area (Å²) in [6.45, 7) is 0.350. The summed E-state index contributed by atoms with van der Waals surface area (Å²) in [7, 11) is 0. The normalized spacial score (nSPS) is 12.7. The van der Waals surface area contributed by atoms with Crippen LogP contribution in [0.15, 0.2) is 48.5 Å². The van der Waals surface area contributed by atoms with Crippen molar-refractivity contribution in [3.05, 3.63) is 59.7 Å². The van der Waals surface area contributed by atoms with E-state index in [2.05, 4.69) is 42.5 Å². The van der Waals surface area contributed by atoms with Crippen LogP contribution in [0.25, 0.3) is 0 Å². The van der Waals surface area contributed by atoms with Crippen LogP contribution in [0.1, 0.15) is 17.5 Å². The molecule has 0 N–H and O–H groups in total. The summed E-state index contributed by atoms with van der Waals surface area (Å²) in [5.41, 5.74) is 2.72. The zero-order valence-electron chi connectivity index (χ0n) is 10.3. The second-order valence-corrected chi connectivity index (χ2v) is 4.53. The number of fused-ring (bicyclic) bond motifs is 1. The Morgan fingerprint density at radius 2 is 1.56 bits per heavy atom. The van der Waals surface area contributed by atoms with Crippen molar-refractivity contribution in [1.29, 1.82) is 0 Å². The minimum absolute atomic E-state index is 0.350. The zero-order valence-corrected chi connectivity index (χ0v) is 10.3. The molecular weight excluding hydrogens is 224 g/mol. The van der Waals surface area contributed by atoms with Gasteiger partial charge in [0.2, 0.25) is 6.79 Å². The van der Waals surface area contributed by atoms with Crippen LogP contribution in [-0.4, -0.2) is 6.79 Å². The predicted molar refractivity (Wildman–Crippen MR) is 71.0 cm³/mol. The molecule has 3 rings (SSSR count). The monoisotopic (exact) mass is 240 g/mol. The van der Waals surface area contributed by atoms with Gasteiger partial charge in [0.15, 0.2) is 11.5 Å². The number of rotatable bonds is 4. The zero-order chi connectivity index (χ0) is 12.2. The average molecular weight is 240 g/mol. The molecule has 0 unspecified atom stereocenters. The van der Waals surface area contributed by atoms with Gasteiger partial charge in [0, 0.05) is 0 Å². The van der Waals surface area contributed by atoms with E-state index in [0.29, 0.717) is 6.79 Å². The van der Waals surface area contributed by atoms with Crippen LogP contribution in [0.5, 0.6) is 11.5 Å². The van der Waals surface area contributed by atoms with Crippen LogP contribution < -0.4 is 9.47 Å². The van der Waals surface area contributed by atoms with E-state index in [1.54, 1.807) is 0 Å². The minimum Gasteiger partial charge on any atom is -0.454 e. The lowest BCUT2D eigenvalue weighted by Gasteiger charge is -2.03. The highest BCUT2D eigenvalue weighted by atomic mass is 16.7. The van der Waals surface area contributed by atoms with E-state index in [1.165, 1.54) is 11.1 Å². The van der Waals surface area contributed by atoms with Gasteiger partial charge >= 0.3 is 0 Å². The van der Waals surface area contributed by atoms with E-state index >= 15 is 0 Å². The molecule has 2 aromatic rings. The maximum atomic E-state index is 5.38. The molecule has 0 saturated heterocycles. The molecule has 92 valence electrons. The van der Waals surface area contributed by atoms with Gasteiger partial charge in [0.25, 0.3) is 0 Å². The summed E-state index contributed by atoms with van der Waals surface area (Å²) in [6, 6.07) is 16.8. The Hall–Kier alpha value is -1.96. The highest BCUT2D eigenvalue weighted by Gasteiger charge is 2.12. The van der Waals surface area contributed by atoms with Crippen LogP contribution in [-0.2, 0) is 12.8 Å². The molecule has 0 atom stereocenters. The van der Waals surface area contributed by atoms with Gasteiger partial charge in [-0.15, -0.1) is 0 Å². The summed E-state index contributed by atoms with van der Waals surface area (Å²) in [6.07, 6.45) is 3.35. The molecule has 1 aliphatic heterocycles. The van der Waals surface area contributed by atoms with Crippen LogP contribution in [0.3, 0.4) is 0 Å². The maximum Gasteiger partial charge on any atom is 0.231 e. The van der Waals surface area contributed by atoms with Crippen molar-refractivity contribution in [2.24, 2.45) is 0 Å². The molecule has 0 saturated carbocycles. The Morgan fingerprint density at radius 1 is 0.778 bits per heavy atom. The third kappa shape index (κ3) is 2.48. The lowest BCUT2D eigenvalue weighted by atomic mass is 10.0. The molecular formula is C16H16O2. The van der Waals surface area contributed by atoms with Crippen LogP contribution >= 0.6 is 0 Å². The Balaban J connectivity index is 1.57. The van der Waals surface area contributed by atoms with E-state index in [4.69, 9.17) is 9.47 Å². The van der Waals surface area contributed by atoms with Crippen molar-refractivity contribution in [3.63, 3.8) is 0 Å². The SMILES string of the molecule is c1ccc(CCCc2ccc3c(c2)OCO3)cc1. The van der Waals surface area contributed by atoms with Crippen LogP contribution in [0, 0.1) is 0 Å². The lowest BCUT2D eigenvalue weighted by Crippen LogP contribution is -1.93. The summed E-state index contributed by atoms with van der Waals surface area (Å²) >= 11 is 0. The van der Waals surface area contributed by atoms with Gasteiger partial charge in [-0.2, -0.15) is 0 Å². The molecule has 0 radical (unpaired) electrons. The number of ether oxygens (including phenoxy) is 2. The summed E-state index contributed by atoms with van der Waals surface area (Å²) in [5.74, 6) is 1.74. The number of benzene rings is 2. The molecule has 0 spiro atoms. The molecule has 0 bridgehead atoms.